The molecule has 5 heteroatoms. The first-order valence-electron chi connectivity index (χ1n) is 6.58. The number of halogens is 1. The van der Waals surface area contributed by atoms with E-state index in [1.54, 1.807) is 10.9 Å². The van der Waals surface area contributed by atoms with E-state index in [1.165, 1.54) is 11.3 Å². The molecule has 0 saturated carbocycles. The molecule has 0 aliphatic heterocycles. The summed E-state index contributed by atoms with van der Waals surface area (Å²) in [5.74, 6) is -0.00338. The molecule has 1 aromatic carbocycles. The molecule has 0 aliphatic rings. The summed E-state index contributed by atoms with van der Waals surface area (Å²) < 4.78 is 1.03. The van der Waals surface area contributed by atoms with Gasteiger partial charge in [0.15, 0.2) is 0 Å². The Labute approximate surface area is 131 Å². The van der Waals surface area contributed by atoms with Crippen LogP contribution >= 0.6 is 27.3 Å². The molecule has 1 atom stereocenters. The van der Waals surface area contributed by atoms with Gasteiger partial charge in [-0.15, -0.1) is 11.3 Å². The number of amides is 1. The molecule has 2 rings (SSSR count). The van der Waals surface area contributed by atoms with Crippen molar-refractivity contribution in [3.05, 3.63) is 50.9 Å². The molecule has 0 fully saturated rings. The maximum Gasteiger partial charge on any atom is 0.273 e. The highest BCUT2D eigenvalue weighted by Crippen LogP contribution is 2.28. The Hall–Kier alpha value is -1.20. The van der Waals surface area contributed by atoms with E-state index >= 15 is 0 Å². The molecule has 0 saturated heterocycles. The molecular weight excluding hydrogens is 336 g/mol. The van der Waals surface area contributed by atoms with E-state index in [1.807, 2.05) is 29.2 Å². The highest BCUT2D eigenvalue weighted by atomic mass is 79.9. The van der Waals surface area contributed by atoms with Gasteiger partial charge >= 0.3 is 0 Å². The molecule has 1 unspecified atom stereocenters. The molecule has 0 radical (unpaired) electrons. The second-order valence-corrected chi connectivity index (χ2v) is 6.14. The number of rotatable bonds is 5. The molecule has 0 spiro atoms. The van der Waals surface area contributed by atoms with Crippen LogP contribution < -0.4 is 0 Å². The first-order chi connectivity index (χ1) is 9.65. The predicted molar refractivity (Wildman–Crippen MR) is 86.0 cm³/mol. The minimum absolute atomic E-state index is 0.00338. The van der Waals surface area contributed by atoms with Crippen LogP contribution in [-0.4, -0.2) is 22.3 Å². The van der Waals surface area contributed by atoms with Gasteiger partial charge in [0.25, 0.3) is 5.91 Å². The van der Waals surface area contributed by atoms with Crippen LogP contribution in [0.4, 0.5) is 0 Å². The predicted octanol–water partition coefficient (Wildman–Crippen LogP) is 4.52. The fourth-order valence-corrected chi connectivity index (χ4v) is 3.30. The minimum Gasteiger partial charge on any atom is -0.330 e. The van der Waals surface area contributed by atoms with Gasteiger partial charge in [-0.25, -0.2) is 4.98 Å². The Balaban J connectivity index is 2.29. The van der Waals surface area contributed by atoms with Gasteiger partial charge in [0.2, 0.25) is 0 Å². The smallest absolute Gasteiger partial charge is 0.273 e. The lowest BCUT2D eigenvalue weighted by molar-refractivity contribution is 0.0685. The third kappa shape index (κ3) is 3.27. The molecule has 20 heavy (non-hydrogen) atoms. The Bertz CT molecular complexity index is 571. The zero-order chi connectivity index (χ0) is 14.5. The van der Waals surface area contributed by atoms with Crippen LogP contribution in [0.3, 0.4) is 0 Å². The van der Waals surface area contributed by atoms with Crippen LogP contribution in [0.1, 0.15) is 42.4 Å². The summed E-state index contributed by atoms with van der Waals surface area (Å²) in [7, 11) is 0. The molecule has 3 nitrogen and oxygen atoms in total. The van der Waals surface area contributed by atoms with Crippen molar-refractivity contribution in [1.82, 2.24) is 9.88 Å². The number of hydrogen-bond donors (Lipinski definition) is 0. The quantitative estimate of drug-likeness (QED) is 0.792. The Morgan fingerprint density at radius 1 is 1.45 bits per heavy atom. The van der Waals surface area contributed by atoms with Crippen LogP contribution in [0.25, 0.3) is 0 Å². The lowest BCUT2D eigenvalue weighted by atomic mass is 10.1. The van der Waals surface area contributed by atoms with Gasteiger partial charge in [-0.3, -0.25) is 4.79 Å². The van der Waals surface area contributed by atoms with E-state index in [0.29, 0.717) is 5.69 Å². The van der Waals surface area contributed by atoms with Gasteiger partial charge in [0, 0.05) is 16.4 Å². The number of carbonyl (C=O) groups excluding carboxylic acids is 1. The van der Waals surface area contributed by atoms with Crippen molar-refractivity contribution < 1.29 is 4.79 Å². The van der Waals surface area contributed by atoms with Crippen molar-refractivity contribution >= 4 is 33.2 Å². The summed E-state index contributed by atoms with van der Waals surface area (Å²) in [5.41, 5.74) is 3.34. The molecule has 2 aromatic rings. The average molecular weight is 353 g/mol. The molecule has 1 heterocycles. The lowest BCUT2D eigenvalue weighted by Crippen LogP contribution is -2.34. The summed E-state index contributed by atoms with van der Waals surface area (Å²) in [5, 5.41) is 1.80. The van der Waals surface area contributed by atoms with Crippen molar-refractivity contribution in [1.29, 1.82) is 0 Å². The van der Waals surface area contributed by atoms with Crippen LogP contribution in [0.5, 0.6) is 0 Å². The topological polar surface area (TPSA) is 33.2 Å². The molecule has 106 valence electrons. The molecule has 0 N–H and O–H groups in total. The van der Waals surface area contributed by atoms with Gasteiger partial charge in [-0.1, -0.05) is 41.1 Å². The third-order valence-electron chi connectivity index (χ3n) is 3.20. The van der Waals surface area contributed by atoms with Gasteiger partial charge in [0.05, 0.1) is 11.6 Å². The number of benzene rings is 1. The van der Waals surface area contributed by atoms with Crippen LogP contribution in [-0.2, 0) is 0 Å². The van der Waals surface area contributed by atoms with Gasteiger partial charge < -0.3 is 4.90 Å². The van der Waals surface area contributed by atoms with Crippen molar-refractivity contribution in [2.75, 3.05) is 6.54 Å². The summed E-state index contributed by atoms with van der Waals surface area (Å²) >= 11 is 5.01. The lowest BCUT2D eigenvalue weighted by Gasteiger charge is -2.29. The Morgan fingerprint density at radius 3 is 2.80 bits per heavy atom. The first-order valence-corrected chi connectivity index (χ1v) is 8.32. The minimum atomic E-state index is -0.00338. The van der Waals surface area contributed by atoms with Gasteiger partial charge in [-0.05, 0) is 25.0 Å². The fraction of sp³-hybridized carbons (Fsp3) is 0.333. The SMILES string of the molecule is CCCN(C(=O)c1cscn1)C(C)c1ccccc1Br. The van der Waals surface area contributed by atoms with Crippen molar-refractivity contribution in [2.24, 2.45) is 0 Å². The first kappa shape index (κ1) is 15.2. The highest BCUT2D eigenvalue weighted by Gasteiger charge is 2.24. The van der Waals surface area contributed by atoms with Gasteiger partial charge in [-0.2, -0.15) is 0 Å². The zero-order valence-corrected chi connectivity index (χ0v) is 13.9. The second-order valence-electron chi connectivity index (χ2n) is 4.57. The van der Waals surface area contributed by atoms with E-state index in [2.05, 4.69) is 34.8 Å². The molecule has 0 bridgehead atoms. The van der Waals surface area contributed by atoms with E-state index < -0.39 is 0 Å². The van der Waals surface area contributed by atoms with E-state index in [4.69, 9.17) is 0 Å². The Kier molecular flexibility index (Phi) is 5.31. The number of hydrogen-bond acceptors (Lipinski definition) is 3. The fourth-order valence-electron chi connectivity index (χ4n) is 2.16. The van der Waals surface area contributed by atoms with Crippen molar-refractivity contribution in [3.63, 3.8) is 0 Å². The molecule has 1 aromatic heterocycles. The molecule has 1 amide bonds. The standard InChI is InChI=1S/C15H17BrN2OS/c1-3-8-18(15(19)14-9-20-10-17-14)11(2)12-6-4-5-7-13(12)16/h4-7,9-11H,3,8H2,1-2H3. The zero-order valence-electron chi connectivity index (χ0n) is 11.5. The third-order valence-corrected chi connectivity index (χ3v) is 4.51. The van der Waals surface area contributed by atoms with Gasteiger partial charge in [0.1, 0.15) is 5.69 Å². The summed E-state index contributed by atoms with van der Waals surface area (Å²) in [4.78, 5) is 18.6. The molecular formula is C15H17BrN2OS. The number of carbonyl (C=O) groups is 1. The van der Waals surface area contributed by atoms with E-state index in [0.717, 1.165) is 23.0 Å². The van der Waals surface area contributed by atoms with Crippen molar-refractivity contribution in [2.45, 2.75) is 26.3 Å². The highest BCUT2D eigenvalue weighted by molar-refractivity contribution is 9.10. The number of nitrogens with zero attached hydrogens (tertiary/aromatic N) is 2. The largest absolute Gasteiger partial charge is 0.330 e. The monoisotopic (exact) mass is 352 g/mol. The van der Waals surface area contributed by atoms with E-state index in [-0.39, 0.29) is 11.9 Å². The summed E-state index contributed by atoms with van der Waals surface area (Å²) in [6, 6.07) is 8.04. The van der Waals surface area contributed by atoms with Crippen molar-refractivity contribution in [3.8, 4) is 0 Å². The van der Waals surface area contributed by atoms with Crippen LogP contribution in [0, 0.1) is 0 Å². The second kappa shape index (κ2) is 6.99. The summed E-state index contributed by atoms with van der Waals surface area (Å²) in [6.07, 6.45) is 0.921. The van der Waals surface area contributed by atoms with Crippen LogP contribution in [0.15, 0.2) is 39.6 Å². The van der Waals surface area contributed by atoms with Crippen LogP contribution in [0.2, 0.25) is 0 Å². The maximum absolute atomic E-state index is 12.6. The number of aromatic nitrogens is 1. The summed E-state index contributed by atoms with van der Waals surface area (Å²) in [6.45, 7) is 4.85. The maximum atomic E-state index is 12.6. The Morgan fingerprint density at radius 2 is 2.20 bits per heavy atom. The molecule has 0 aliphatic carbocycles. The van der Waals surface area contributed by atoms with E-state index in [9.17, 15) is 4.79 Å². The number of thiazole rings is 1. The average Bonchev–Trinajstić information content (AvgIpc) is 2.98. The normalized spacial score (nSPS) is 12.2.